The maximum absolute atomic E-state index is 12.4. The SMILES string of the molecule is COc1cc(NC(=O)Nc2cnc(N(C)C)nc2N(C)C)cc(OC)c1. The topological polar surface area (TPSA) is 91.8 Å². The molecule has 0 aliphatic carbocycles. The number of nitrogens with zero attached hydrogens (tertiary/aromatic N) is 4. The van der Waals surface area contributed by atoms with E-state index in [0.29, 0.717) is 34.6 Å². The summed E-state index contributed by atoms with van der Waals surface area (Å²) in [5.41, 5.74) is 1.03. The smallest absolute Gasteiger partial charge is 0.323 e. The van der Waals surface area contributed by atoms with Crippen LogP contribution in [0.15, 0.2) is 24.4 Å². The van der Waals surface area contributed by atoms with Gasteiger partial charge in [0, 0.05) is 52.1 Å². The average molecular weight is 360 g/mol. The van der Waals surface area contributed by atoms with Gasteiger partial charge in [-0.05, 0) is 0 Å². The van der Waals surface area contributed by atoms with Gasteiger partial charge in [-0.2, -0.15) is 4.98 Å². The number of hydrogen-bond donors (Lipinski definition) is 2. The van der Waals surface area contributed by atoms with Crippen molar-refractivity contribution in [3.05, 3.63) is 24.4 Å². The first kappa shape index (κ1) is 19.1. The van der Waals surface area contributed by atoms with Crippen molar-refractivity contribution in [3.63, 3.8) is 0 Å². The highest BCUT2D eigenvalue weighted by molar-refractivity contribution is 6.01. The third-order valence-electron chi connectivity index (χ3n) is 3.44. The number of ether oxygens (including phenoxy) is 2. The van der Waals surface area contributed by atoms with Crippen LogP contribution in [-0.4, -0.2) is 58.4 Å². The van der Waals surface area contributed by atoms with Crippen LogP contribution < -0.4 is 29.9 Å². The molecule has 2 N–H and O–H groups in total. The molecular weight excluding hydrogens is 336 g/mol. The molecular formula is C17H24N6O3. The van der Waals surface area contributed by atoms with Crippen LogP contribution in [0, 0.1) is 0 Å². The highest BCUT2D eigenvalue weighted by atomic mass is 16.5. The number of hydrogen-bond acceptors (Lipinski definition) is 7. The Morgan fingerprint density at radius 3 is 2.08 bits per heavy atom. The summed E-state index contributed by atoms with van der Waals surface area (Å²) in [4.78, 5) is 24.7. The van der Waals surface area contributed by atoms with Gasteiger partial charge in [0.25, 0.3) is 0 Å². The van der Waals surface area contributed by atoms with Crippen molar-refractivity contribution in [2.24, 2.45) is 0 Å². The van der Waals surface area contributed by atoms with Gasteiger partial charge in [-0.25, -0.2) is 9.78 Å². The fourth-order valence-electron chi connectivity index (χ4n) is 2.17. The summed E-state index contributed by atoms with van der Waals surface area (Å²) in [5.74, 6) is 2.30. The van der Waals surface area contributed by atoms with Gasteiger partial charge in [0.15, 0.2) is 5.82 Å². The zero-order valence-corrected chi connectivity index (χ0v) is 15.8. The summed E-state index contributed by atoms with van der Waals surface area (Å²) >= 11 is 0. The highest BCUT2D eigenvalue weighted by Crippen LogP contribution is 2.27. The van der Waals surface area contributed by atoms with E-state index in [1.54, 1.807) is 48.4 Å². The number of rotatable bonds is 6. The Kier molecular flexibility index (Phi) is 6.05. The molecule has 26 heavy (non-hydrogen) atoms. The minimum Gasteiger partial charge on any atom is -0.497 e. The molecule has 140 valence electrons. The van der Waals surface area contributed by atoms with E-state index < -0.39 is 6.03 Å². The van der Waals surface area contributed by atoms with E-state index in [9.17, 15) is 4.79 Å². The predicted octanol–water partition coefficient (Wildman–Crippen LogP) is 2.27. The quantitative estimate of drug-likeness (QED) is 0.816. The van der Waals surface area contributed by atoms with Crippen molar-refractivity contribution in [1.29, 1.82) is 0 Å². The number of urea groups is 1. The minimum atomic E-state index is -0.426. The molecule has 1 heterocycles. The summed E-state index contributed by atoms with van der Waals surface area (Å²) in [6.07, 6.45) is 1.57. The molecule has 1 aromatic carbocycles. The van der Waals surface area contributed by atoms with Gasteiger partial charge in [0.2, 0.25) is 5.95 Å². The highest BCUT2D eigenvalue weighted by Gasteiger charge is 2.14. The van der Waals surface area contributed by atoms with Crippen LogP contribution in [0.25, 0.3) is 0 Å². The summed E-state index contributed by atoms with van der Waals surface area (Å²) in [5, 5.41) is 5.51. The van der Waals surface area contributed by atoms with Gasteiger partial charge in [-0.15, -0.1) is 0 Å². The standard InChI is InChI=1S/C17H24N6O3/c1-22(2)15-14(10-18-16(21-15)23(3)4)20-17(24)19-11-7-12(25-5)9-13(8-11)26-6/h7-10H,1-6H3,(H2,19,20,24). The van der Waals surface area contributed by atoms with Crippen molar-refractivity contribution < 1.29 is 14.3 Å². The molecule has 0 fully saturated rings. The Balaban J connectivity index is 2.20. The van der Waals surface area contributed by atoms with E-state index in [1.807, 2.05) is 28.2 Å². The van der Waals surface area contributed by atoms with Crippen LogP contribution in [0.1, 0.15) is 0 Å². The number of anilines is 4. The van der Waals surface area contributed by atoms with E-state index in [4.69, 9.17) is 9.47 Å². The Morgan fingerprint density at radius 1 is 0.962 bits per heavy atom. The van der Waals surface area contributed by atoms with Crippen molar-refractivity contribution in [2.75, 3.05) is 62.8 Å². The first-order chi connectivity index (χ1) is 12.3. The molecule has 0 saturated heterocycles. The molecule has 0 aliphatic heterocycles. The lowest BCUT2D eigenvalue weighted by molar-refractivity contribution is 0.262. The van der Waals surface area contributed by atoms with Gasteiger partial charge in [-0.1, -0.05) is 0 Å². The lowest BCUT2D eigenvalue weighted by Crippen LogP contribution is -2.23. The molecule has 0 bridgehead atoms. The number of amides is 2. The third-order valence-corrected chi connectivity index (χ3v) is 3.44. The molecule has 0 saturated carbocycles. The number of aromatic nitrogens is 2. The molecule has 1 aromatic heterocycles. The maximum atomic E-state index is 12.4. The summed E-state index contributed by atoms with van der Waals surface area (Å²) in [7, 11) is 10.5. The molecule has 9 nitrogen and oxygen atoms in total. The minimum absolute atomic E-state index is 0.426. The molecule has 2 aromatic rings. The molecule has 0 radical (unpaired) electrons. The van der Waals surface area contributed by atoms with Crippen molar-refractivity contribution in [1.82, 2.24) is 9.97 Å². The number of carbonyl (C=O) groups excluding carboxylic acids is 1. The fourth-order valence-corrected chi connectivity index (χ4v) is 2.17. The second kappa shape index (κ2) is 8.24. The third kappa shape index (κ3) is 4.65. The van der Waals surface area contributed by atoms with Crippen molar-refractivity contribution in [2.45, 2.75) is 0 Å². The van der Waals surface area contributed by atoms with Gasteiger partial charge in [0.05, 0.1) is 20.4 Å². The zero-order chi connectivity index (χ0) is 19.3. The van der Waals surface area contributed by atoms with E-state index in [2.05, 4.69) is 20.6 Å². The first-order valence-electron chi connectivity index (χ1n) is 7.86. The first-order valence-corrected chi connectivity index (χ1v) is 7.86. The largest absolute Gasteiger partial charge is 0.497 e. The van der Waals surface area contributed by atoms with E-state index in [-0.39, 0.29) is 0 Å². The summed E-state index contributed by atoms with van der Waals surface area (Å²) in [6.45, 7) is 0. The van der Waals surface area contributed by atoms with Crippen molar-refractivity contribution in [3.8, 4) is 11.5 Å². The van der Waals surface area contributed by atoms with E-state index in [0.717, 1.165) is 0 Å². The van der Waals surface area contributed by atoms with Crippen LogP contribution in [0.4, 0.5) is 27.9 Å². The number of carbonyl (C=O) groups is 1. The van der Waals surface area contributed by atoms with Crippen LogP contribution in [0.3, 0.4) is 0 Å². The van der Waals surface area contributed by atoms with Crippen LogP contribution in [0.5, 0.6) is 11.5 Å². The monoisotopic (exact) mass is 360 g/mol. The Labute approximate surface area is 152 Å². The summed E-state index contributed by atoms with van der Waals surface area (Å²) in [6, 6.07) is 4.69. The Morgan fingerprint density at radius 2 is 1.58 bits per heavy atom. The van der Waals surface area contributed by atoms with Gasteiger partial charge in [-0.3, -0.25) is 0 Å². The predicted molar refractivity (Wildman–Crippen MR) is 103 cm³/mol. The van der Waals surface area contributed by atoms with Crippen molar-refractivity contribution >= 4 is 29.2 Å². The molecule has 0 aliphatic rings. The molecule has 9 heteroatoms. The number of methoxy groups -OCH3 is 2. The molecule has 0 atom stereocenters. The molecule has 2 rings (SSSR count). The maximum Gasteiger partial charge on any atom is 0.323 e. The normalized spacial score (nSPS) is 10.1. The van der Waals surface area contributed by atoms with Crippen LogP contribution in [-0.2, 0) is 0 Å². The van der Waals surface area contributed by atoms with Crippen LogP contribution in [0.2, 0.25) is 0 Å². The van der Waals surface area contributed by atoms with Gasteiger partial charge in [0.1, 0.15) is 17.2 Å². The van der Waals surface area contributed by atoms with Gasteiger partial charge < -0.3 is 29.9 Å². The second-order valence-electron chi connectivity index (χ2n) is 5.88. The molecule has 0 unspecified atom stereocenters. The second-order valence-corrected chi connectivity index (χ2v) is 5.88. The average Bonchev–Trinajstić information content (AvgIpc) is 2.61. The molecule has 0 spiro atoms. The number of nitrogens with one attached hydrogen (secondary N) is 2. The van der Waals surface area contributed by atoms with E-state index in [1.165, 1.54) is 0 Å². The fraction of sp³-hybridized carbons (Fsp3) is 0.353. The lowest BCUT2D eigenvalue weighted by atomic mass is 10.3. The van der Waals surface area contributed by atoms with E-state index >= 15 is 0 Å². The van der Waals surface area contributed by atoms with Crippen LogP contribution >= 0.6 is 0 Å². The Bertz CT molecular complexity index is 757. The van der Waals surface area contributed by atoms with Gasteiger partial charge >= 0.3 is 6.03 Å². The zero-order valence-electron chi connectivity index (χ0n) is 15.8. The lowest BCUT2D eigenvalue weighted by Gasteiger charge is -2.19. The number of benzene rings is 1. The Hall–Kier alpha value is -3.23. The summed E-state index contributed by atoms with van der Waals surface area (Å²) < 4.78 is 10.4. The molecule has 2 amide bonds.